The van der Waals surface area contributed by atoms with Crippen molar-refractivity contribution in [2.45, 2.75) is 25.7 Å². The number of thiophene rings is 1. The molecule has 0 saturated carbocycles. The largest absolute Gasteiger partial charge is 0.459 e. The molecule has 0 bridgehead atoms. The van der Waals surface area contributed by atoms with Crippen molar-refractivity contribution in [1.29, 1.82) is 0 Å². The Bertz CT molecular complexity index is 993. The van der Waals surface area contributed by atoms with E-state index >= 15 is 0 Å². The second-order valence-electron chi connectivity index (χ2n) is 6.96. The Hall–Kier alpha value is -2.12. The van der Waals surface area contributed by atoms with Crippen LogP contribution in [0.3, 0.4) is 0 Å². The Morgan fingerprint density at radius 2 is 1.96 bits per heavy atom. The van der Waals surface area contributed by atoms with Crippen LogP contribution in [0.25, 0.3) is 10.2 Å². The van der Waals surface area contributed by atoms with Crippen LogP contribution in [0, 0.1) is 0 Å². The van der Waals surface area contributed by atoms with Gasteiger partial charge in [0.25, 0.3) is 5.91 Å². The zero-order valence-electron chi connectivity index (χ0n) is 14.8. The molecule has 3 aromatic rings. The predicted molar refractivity (Wildman–Crippen MR) is 106 cm³/mol. The number of nitrogens with zero attached hydrogens (tertiary/aromatic N) is 4. The van der Waals surface area contributed by atoms with E-state index in [9.17, 15) is 4.79 Å². The molecule has 1 fully saturated rings. The Morgan fingerprint density at radius 3 is 2.74 bits per heavy atom. The Kier molecular flexibility index (Phi) is 4.28. The van der Waals surface area contributed by atoms with E-state index in [1.165, 1.54) is 34.9 Å². The number of amides is 1. The van der Waals surface area contributed by atoms with Gasteiger partial charge in [0.15, 0.2) is 5.76 Å². The van der Waals surface area contributed by atoms with Gasteiger partial charge in [0.05, 0.1) is 11.6 Å². The predicted octanol–water partition coefficient (Wildman–Crippen LogP) is 3.78. The number of hydrogen-bond donors (Lipinski definition) is 0. The maximum Gasteiger partial charge on any atom is 0.289 e. The minimum Gasteiger partial charge on any atom is -0.459 e. The van der Waals surface area contributed by atoms with Crippen LogP contribution in [0.4, 0.5) is 5.82 Å². The maximum absolute atomic E-state index is 12.5. The van der Waals surface area contributed by atoms with E-state index in [0.29, 0.717) is 24.1 Å². The number of rotatable bonds is 2. The third-order valence-electron chi connectivity index (χ3n) is 5.37. The molecule has 27 heavy (non-hydrogen) atoms. The van der Waals surface area contributed by atoms with E-state index in [0.717, 1.165) is 36.6 Å². The number of carbonyl (C=O) groups is 1. The fraction of sp³-hybridized carbons (Fsp3) is 0.421. The number of anilines is 1. The molecule has 0 N–H and O–H groups in total. The highest BCUT2D eigenvalue weighted by Crippen LogP contribution is 2.40. The van der Waals surface area contributed by atoms with Crippen LogP contribution < -0.4 is 4.90 Å². The van der Waals surface area contributed by atoms with Gasteiger partial charge in [-0.05, 0) is 55.0 Å². The molecule has 140 valence electrons. The summed E-state index contributed by atoms with van der Waals surface area (Å²) in [5.74, 6) is 1.26. The van der Waals surface area contributed by atoms with Crippen LogP contribution >= 0.6 is 22.9 Å². The molecule has 1 aliphatic heterocycles. The molecule has 0 radical (unpaired) electrons. The van der Waals surface area contributed by atoms with Gasteiger partial charge >= 0.3 is 0 Å². The minimum absolute atomic E-state index is 0.0570. The van der Waals surface area contributed by atoms with Crippen molar-refractivity contribution in [2.24, 2.45) is 0 Å². The fourth-order valence-electron chi connectivity index (χ4n) is 4.02. The van der Waals surface area contributed by atoms with Crippen LogP contribution in [-0.2, 0) is 12.8 Å². The summed E-state index contributed by atoms with van der Waals surface area (Å²) in [5.41, 5.74) is 1.40. The molecule has 0 spiro atoms. The fourth-order valence-corrected chi connectivity index (χ4v) is 5.49. The molecule has 5 rings (SSSR count). The first-order chi connectivity index (χ1) is 13.2. The van der Waals surface area contributed by atoms with E-state index in [4.69, 9.17) is 16.0 Å². The standard InChI is InChI=1S/C19H19ClN4O2S/c20-19-21-16(15-12-4-1-2-6-14(12)27-17(15)22-19)23-7-9-24(10-8-23)18(25)13-5-3-11-26-13/h3,5,11H,1-2,4,6-10H2. The van der Waals surface area contributed by atoms with Gasteiger partial charge in [-0.15, -0.1) is 11.3 Å². The summed E-state index contributed by atoms with van der Waals surface area (Å²) in [5, 5.41) is 1.47. The van der Waals surface area contributed by atoms with E-state index in [2.05, 4.69) is 14.9 Å². The summed E-state index contributed by atoms with van der Waals surface area (Å²) >= 11 is 7.99. The molecular formula is C19H19ClN4O2S. The highest BCUT2D eigenvalue weighted by molar-refractivity contribution is 7.19. The molecule has 0 atom stereocenters. The Morgan fingerprint density at radius 1 is 1.15 bits per heavy atom. The van der Waals surface area contributed by atoms with Gasteiger partial charge in [0, 0.05) is 31.1 Å². The molecule has 2 aliphatic rings. The van der Waals surface area contributed by atoms with Gasteiger partial charge in [-0.1, -0.05) is 0 Å². The number of aromatic nitrogens is 2. The van der Waals surface area contributed by atoms with Crippen LogP contribution in [0.5, 0.6) is 0 Å². The second-order valence-corrected chi connectivity index (χ2v) is 8.39. The lowest BCUT2D eigenvalue weighted by Gasteiger charge is -2.35. The quantitative estimate of drug-likeness (QED) is 0.610. The second kappa shape index (κ2) is 6.80. The van der Waals surface area contributed by atoms with Gasteiger partial charge in [-0.2, -0.15) is 4.98 Å². The first kappa shape index (κ1) is 17.0. The van der Waals surface area contributed by atoms with Crippen molar-refractivity contribution < 1.29 is 9.21 Å². The van der Waals surface area contributed by atoms with Crippen molar-refractivity contribution in [2.75, 3.05) is 31.1 Å². The zero-order chi connectivity index (χ0) is 18.4. The van der Waals surface area contributed by atoms with Crippen LogP contribution in [0.2, 0.25) is 5.28 Å². The first-order valence-electron chi connectivity index (χ1n) is 9.26. The van der Waals surface area contributed by atoms with Gasteiger partial charge < -0.3 is 14.2 Å². The Balaban J connectivity index is 1.43. The van der Waals surface area contributed by atoms with Crippen molar-refractivity contribution >= 4 is 44.9 Å². The molecule has 4 heterocycles. The van der Waals surface area contributed by atoms with Gasteiger partial charge in [0.1, 0.15) is 10.6 Å². The lowest BCUT2D eigenvalue weighted by atomic mass is 9.97. The van der Waals surface area contributed by atoms with Crippen LogP contribution in [0.1, 0.15) is 33.8 Å². The summed E-state index contributed by atoms with van der Waals surface area (Å²) < 4.78 is 5.24. The number of aryl methyl sites for hydroxylation is 2. The summed E-state index contributed by atoms with van der Waals surface area (Å²) in [6.45, 7) is 2.71. The summed E-state index contributed by atoms with van der Waals surface area (Å²) in [6.07, 6.45) is 6.20. The number of carbonyl (C=O) groups excluding carboxylic acids is 1. The molecule has 1 amide bonds. The van der Waals surface area contributed by atoms with Crippen molar-refractivity contribution in [3.63, 3.8) is 0 Å². The highest BCUT2D eigenvalue weighted by Gasteiger charge is 2.28. The lowest BCUT2D eigenvalue weighted by molar-refractivity contribution is 0.0714. The maximum atomic E-state index is 12.5. The minimum atomic E-state index is -0.0570. The molecule has 3 aromatic heterocycles. The molecular weight excluding hydrogens is 384 g/mol. The third kappa shape index (κ3) is 2.99. The van der Waals surface area contributed by atoms with Gasteiger partial charge in [-0.3, -0.25) is 4.79 Å². The zero-order valence-corrected chi connectivity index (χ0v) is 16.4. The van der Waals surface area contributed by atoms with Crippen molar-refractivity contribution in [3.05, 3.63) is 39.9 Å². The van der Waals surface area contributed by atoms with Crippen LogP contribution in [-0.4, -0.2) is 47.0 Å². The van der Waals surface area contributed by atoms with E-state index < -0.39 is 0 Å². The topological polar surface area (TPSA) is 62.5 Å². The molecule has 0 unspecified atom stereocenters. The van der Waals surface area contributed by atoms with E-state index in [-0.39, 0.29) is 5.91 Å². The summed E-state index contributed by atoms with van der Waals surface area (Å²) in [7, 11) is 0. The molecule has 0 aromatic carbocycles. The van der Waals surface area contributed by atoms with Crippen molar-refractivity contribution in [1.82, 2.24) is 14.9 Å². The molecule has 6 nitrogen and oxygen atoms in total. The van der Waals surface area contributed by atoms with E-state index in [1.807, 2.05) is 4.90 Å². The third-order valence-corrected chi connectivity index (χ3v) is 6.72. The average Bonchev–Trinajstić information content (AvgIpc) is 3.34. The van der Waals surface area contributed by atoms with Crippen molar-refractivity contribution in [3.8, 4) is 0 Å². The average molecular weight is 403 g/mol. The monoisotopic (exact) mass is 402 g/mol. The highest BCUT2D eigenvalue weighted by atomic mass is 35.5. The number of fused-ring (bicyclic) bond motifs is 3. The normalized spacial score (nSPS) is 17.4. The Labute approximate surface area is 165 Å². The first-order valence-corrected chi connectivity index (χ1v) is 10.5. The van der Waals surface area contributed by atoms with Crippen LogP contribution in [0.15, 0.2) is 22.8 Å². The van der Waals surface area contributed by atoms with Gasteiger partial charge in [-0.25, -0.2) is 4.98 Å². The smallest absolute Gasteiger partial charge is 0.289 e. The molecule has 1 saturated heterocycles. The number of furan rings is 1. The number of halogens is 1. The number of piperazine rings is 1. The summed E-state index contributed by atoms with van der Waals surface area (Å²) in [4.78, 5) is 28.1. The van der Waals surface area contributed by atoms with E-state index in [1.54, 1.807) is 23.5 Å². The number of hydrogen-bond acceptors (Lipinski definition) is 6. The lowest BCUT2D eigenvalue weighted by Crippen LogP contribution is -2.49. The SMILES string of the molecule is O=C(c1ccco1)N1CCN(c2nc(Cl)nc3sc4c(c23)CCCC4)CC1. The molecule has 8 heteroatoms. The molecule has 1 aliphatic carbocycles. The summed E-state index contributed by atoms with van der Waals surface area (Å²) in [6, 6.07) is 3.45. The van der Waals surface area contributed by atoms with Gasteiger partial charge in [0.2, 0.25) is 5.28 Å².